The first-order valence-electron chi connectivity index (χ1n) is 8.88. The molecule has 2 fully saturated rings. The van der Waals surface area contributed by atoms with Crippen molar-refractivity contribution in [3.05, 3.63) is 0 Å². The molecule has 8 heteroatoms. The second kappa shape index (κ2) is 9.72. The van der Waals surface area contributed by atoms with Crippen molar-refractivity contribution < 1.29 is 28.6 Å². The highest BCUT2D eigenvalue weighted by Crippen LogP contribution is 2.26. The molecule has 2 heterocycles. The van der Waals surface area contributed by atoms with Crippen LogP contribution in [0, 0.1) is 5.92 Å². The fourth-order valence-electron chi connectivity index (χ4n) is 3.45. The number of amides is 1. The predicted octanol–water partition coefficient (Wildman–Crippen LogP) is 0.688. The molecule has 0 spiro atoms. The summed E-state index contributed by atoms with van der Waals surface area (Å²) in [5.74, 6) is -0.807. The molecule has 0 radical (unpaired) electrons. The van der Waals surface area contributed by atoms with Gasteiger partial charge in [-0.2, -0.15) is 0 Å². The van der Waals surface area contributed by atoms with Crippen molar-refractivity contribution in [3.63, 3.8) is 0 Å². The Hall–Kier alpha value is -1.67. The first-order chi connectivity index (χ1) is 12.0. The normalized spacial score (nSPS) is 24.6. The van der Waals surface area contributed by atoms with Crippen molar-refractivity contribution in [1.29, 1.82) is 0 Å². The Balaban J connectivity index is 1.98. The molecule has 0 aromatic heterocycles. The van der Waals surface area contributed by atoms with Gasteiger partial charge in [-0.1, -0.05) is 0 Å². The average molecular weight is 356 g/mol. The highest BCUT2D eigenvalue weighted by atomic mass is 16.5. The third kappa shape index (κ3) is 5.67. The van der Waals surface area contributed by atoms with E-state index in [9.17, 15) is 14.4 Å². The minimum atomic E-state index is -0.479. The number of carbonyl (C=O) groups excluding carboxylic acids is 3. The third-order valence-electron chi connectivity index (χ3n) is 4.78. The maximum absolute atomic E-state index is 12.4. The summed E-state index contributed by atoms with van der Waals surface area (Å²) < 4.78 is 15.1. The molecule has 0 aromatic rings. The van der Waals surface area contributed by atoms with E-state index in [0.29, 0.717) is 39.1 Å². The minimum absolute atomic E-state index is 0.101. The van der Waals surface area contributed by atoms with Gasteiger partial charge in [0.2, 0.25) is 0 Å². The van der Waals surface area contributed by atoms with Crippen LogP contribution in [0.4, 0.5) is 4.79 Å². The van der Waals surface area contributed by atoms with E-state index in [4.69, 9.17) is 14.2 Å². The molecule has 2 aliphatic heterocycles. The molecule has 2 saturated heterocycles. The number of hydrogen-bond acceptors (Lipinski definition) is 7. The average Bonchev–Trinajstić information content (AvgIpc) is 2.62. The fourth-order valence-corrected chi connectivity index (χ4v) is 3.45. The summed E-state index contributed by atoms with van der Waals surface area (Å²) in [6.07, 6.45) is 0.535. The molecule has 2 atom stereocenters. The van der Waals surface area contributed by atoms with Gasteiger partial charge in [0, 0.05) is 38.1 Å². The quantitative estimate of drug-likeness (QED) is 0.511. The van der Waals surface area contributed by atoms with E-state index in [2.05, 4.69) is 4.90 Å². The lowest BCUT2D eigenvalue weighted by atomic mass is 9.86. The Bertz CT molecular complexity index is 478. The van der Waals surface area contributed by atoms with Gasteiger partial charge >= 0.3 is 12.1 Å². The van der Waals surface area contributed by atoms with Crippen molar-refractivity contribution in [1.82, 2.24) is 9.80 Å². The van der Waals surface area contributed by atoms with Crippen molar-refractivity contribution in [2.75, 3.05) is 53.1 Å². The molecule has 2 aliphatic rings. The van der Waals surface area contributed by atoms with E-state index in [1.807, 2.05) is 0 Å². The molecule has 1 amide bonds. The Morgan fingerprint density at radius 3 is 2.52 bits per heavy atom. The topological polar surface area (TPSA) is 85.4 Å². The van der Waals surface area contributed by atoms with E-state index in [1.165, 1.54) is 7.11 Å². The summed E-state index contributed by atoms with van der Waals surface area (Å²) in [5.41, 5.74) is 0. The van der Waals surface area contributed by atoms with Crippen molar-refractivity contribution >= 4 is 17.8 Å². The zero-order chi connectivity index (χ0) is 18.2. The van der Waals surface area contributed by atoms with Crippen molar-refractivity contribution in [2.24, 2.45) is 5.92 Å². The number of hydrogen-bond donors (Lipinski definition) is 0. The van der Waals surface area contributed by atoms with Gasteiger partial charge in [0.05, 0.1) is 26.9 Å². The monoisotopic (exact) mass is 356 g/mol. The highest BCUT2D eigenvalue weighted by Gasteiger charge is 2.36. The van der Waals surface area contributed by atoms with Gasteiger partial charge in [0.25, 0.3) is 0 Å². The number of rotatable bonds is 6. The molecule has 25 heavy (non-hydrogen) atoms. The number of ketones is 1. The number of esters is 1. The lowest BCUT2D eigenvalue weighted by Gasteiger charge is -2.41. The van der Waals surface area contributed by atoms with E-state index in [0.717, 1.165) is 13.1 Å². The van der Waals surface area contributed by atoms with Crippen LogP contribution < -0.4 is 0 Å². The van der Waals surface area contributed by atoms with Gasteiger partial charge in [-0.25, -0.2) is 4.79 Å². The molecule has 2 rings (SSSR count). The Morgan fingerprint density at radius 2 is 1.88 bits per heavy atom. The molecule has 0 unspecified atom stereocenters. The summed E-state index contributed by atoms with van der Waals surface area (Å²) in [5, 5.41) is 0. The maximum atomic E-state index is 12.4. The number of morpholine rings is 1. The van der Waals surface area contributed by atoms with E-state index in [1.54, 1.807) is 11.8 Å². The molecule has 0 N–H and O–H groups in total. The zero-order valence-corrected chi connectivity index (χ0v) is 15.1. The summed E-state index contributed by atoms with van der Waals surface area (Å²) in [6.45, 7) is 6.11. The molecule has 0 saturated carbocycles. The van der Waals surface area contributed by atoms with Crippen LogP contribution in [-0.2, 0) is 23.8 Å². The van der Waals surface area contributed by atoms with Crippen LogP contribution in [0.25, 0.3) is 0 Å². The predicted molar refractivity (Wildman–Crippen MR) is 89.1 cm³/mol. The molecular weight excluding hydrogens is 328 g/mol. The SMILES string of the molecule is CCOC(=O)CC(=O)[C@@H]1CCN(C(=O)OC)[C@H](CN2CCOCC2)C1. The van der Waals surface area contributed by atoms with Crippen LogP contribution in [0.2, 0.25) is 0 Å². The molecule has 8 nitrogen and oxygen atoms in total. The first kappa shape index (κ1) is 19.7. The first-order valence-corrected chi connectivity index (χ1v) is 8.88. The van der Waals surface area contributed by atoms with Gasteiger partial charge in [-0.05, 0) is 19.8 Å². The number of piperidine rings is 1. The number of Topliss-reactive ketones (excluding diaryl/α,β-unsaturated/α-hetero) is 1. The Morgan fingerprint density at radius 1 is 1.16 bits per heavy atom. The van der Waals surface area contributed by atoms with Gasteiger partial charge in [0.1, 0.15) is 12.2 Å². The standard InChI is InChI=1S/C17H28N2O6/c1-3-25-16(21)11-15(20)13-4-5-19(17(22)23-2)14(10-13)12-18-6-8-24-9-7-18/h13-14H,3-12H2,1-2H3/t13-,14+/m1/s1. The van der Waals surface area contributed by atoms with Crippen molar-refractivity contribution in [2.45, 2.75) is 32.2 Å². The fraction of sp³-hybridized carbons (Fsp3) is 0.824. The van der Waals surface area contributed by atoms with Crippen LogP contribution in [0.3, 0.4) is 0 Å². The Kier molecular flexibility index (Phi) is 7.64. The van der Waals surface area contributed by atoms with Gasteiger partial charge in [-0.3, -0.25) is 14.5 Å². The summed E-state index contributed by atoms with van der Waals surface area (Å²) >= 11 is 0. The second-order valence-electron chi connectivity index (χ2n) is 6.40. The summed E-state index contributed by atoms with van der Waals surface area (Å²) in [4.78, 5) is 40.0. The second-order valence-corrected chi connectivity index (χ2v) is 6.40. The number of carbonyl (C=O) groups is 3. The van der Waals surface area contributed by atoms with Gasteiger partial charge in [0.15, 0.2) is 0 Å². The lowest BCUT2D eigenvalue weighted by Crippen LogP contribution is -2.53. The minimum Gasteiger partial charge on any atom is -0.466 e. The molecular formula is C17H28N2O6. The zero-order valence-electron chi connectivity index (χ0n) is 15.1. The van der Waals surface area contributed by atoms with Crippen LogP contribution in [0.5, 0.6) is 0 Å². The third-order valence-corrected chi connectivity index (χ3v) is 4.78. The maximum Gasteiger partial charge on any atom is 0.409 e. The van der Waals surface area contributed by atoms with E-state index < -0.39 is 5.97 Å². The van der Waals surface area contributed by atoms with Crippen LogP contribution >= 0.6 is 0 Å². The smallest absolute Gasteiger partial charge is 0.409 e. The molecule has 0 aliphatic carbocycles. The number of nitrogens with zero attached hydrogens (tertiary/aromatic N) is 2. The molecule has 0 aromatic carbocycles. The van der Waals surface area contributed by atoms with Crippen molar-refractivity contribution in [3.8, 4) is 0 Å². The highest BCUT2D eigenvalue weighted by molar-refractivity contribution is 5.96. The van der Waals surface area contributed by atoms with Crippen LogP contribution in [0.1, 0.15) is 26.2 Å². The largest absolute Gasteiger partial charge is 0.466 e. The molecule has 142 valence electrons. The Labute approximate surface area is 148 Å². The number of likely N-dealkylation sites (tertiary alicyclic amines) is 1. The number of ether oxygens (including phenoxy) is 3. The van der Waals surface area contributed by atoms with Gasteiger partial charge < -0.3 is 19.1 Å². The van der Waals surface area contributed by atoms with Crippen LogP contribution in [-0.4, -0.2) is 86.8 Å². The van der Waals surface area contributed by atoms with Crippen LogP contribution in [0.15, 0.2) is 0 Å². The van der Waals surface area contributed by atoms with E-state index >= 15 is 0 Å². The summed E-state index contributed by atoms with van der Waals surface area (Å²) in [7, 11) is 1.37. The summed E-state index contributed by atoms with van der Waals surface area (Å²) in [6, 6.07) is -0.101. The number of methoxy groups -OCH3 is 1. The van der Waals surface area contributed by atoms with E-state index in [-0.39, 0.29) is 36.9 Å². The molecule has 0 bridgehead atoms. The van der Waals surface area contributed by atoms with Gasteiger partial charge in [-0.15, -0.1) is 0 Å². The lowest BCUT2D eigenvalue weighted by molar-refractivity contribution is -0.146.